The van der Waals surface area contributed by atoms with Crippen LogP contribution >= 0.6 is 0 Å². The predicted molar refractivity (Wildman–Crippen MR) is 61.6 cm³/mol. The molecule has 1 aromatic heterocycles. The lowest BCUT2D eigenvalue weighted by Gasteiger charge is -2.04. The van der Waals surface area contributed by atoms with Crippen LogP contribution in [0.2, 0.25) is 0 Å². The molecule has 0 bridgehead atoms. The summed E-state index contributed by atoms with van der Waals surface area (Å²) in [6.07, 6.45) is 1.13. The zero-order valence-electron chi connectivity index (χ0n) is 8.88. The maximum absolute atomic E-state index is 11.7. The summed E-state index contributed by atoms with van der Waals surface area (Å²) in [7, 11) is 0. The Bertz CT molecular complexity index is 677. The van der Waals surface area contributed by atoms with Crippen LogP contribution in [0.3, 0.4) is 0 Å². The molecule has 84 valence electrons. The first-order valence-corrected chi connectivity index (χ1v) is 4.99. The molecule has 0 radical (unpaired) electrons. The molecule has 0 saturated carbocycles. The Morgan fingerprint density at radius 3 is 2.59 bits per heavy atom. The molecule has 0 unspecified atom stereocenters. The zero-order valence-corrected chi connectivity index (χ0v) is 8.88. The first-order valence-electron chi connectivity index (χ1n) is 4.99. The molecular formula is C12H9N3O2. The molecule has 0 aliphatic heterocycles. The van der Waals surface area contributed by atoms with E-state index >= 15 is 0 Å². The molecule has 2 rings (SSSR count). The third-order valence-electron chi connectivity index (χ3n) is 2.36. The van der Waals surface area contributed by atoms with Gasteiger partial charge in [-0.2, -0.15) is 5.26 Å². The monoisotopic (exact) mass is 227 g/mol. The average Bonchev–Trinajstić information content (AvgIpc) is 2.36. The molecule has 0 atom stereocenters. The highest BCUT2D eigenvalue weighted by atomic mass is 16.2. The van der Waals surface area contributed by atoms with Crippen LogP contribution in [-0.4, -0.2) is 9.55 Å². The number of nitrogens with one attached hydrogen (secondary N) is 1. The van der Waals surface area contributed by atoms with Crippen molar-refractivity contribution in [3.8, 4) is 6.07 Å². The van der Waals surface area contributed by atoms with E-state index in [-0.39, 0.29) is 12.1 Å². The van der Waals surface area contributed by atoms with Gasteiger partial charge in [-0.3, -0.25) is 9.36 Å². The smallest absolute Gasteiger partial charge is 0.313 e. The van der Waals surface area contributed by atoms with Crippen LogP contribution in [0.4, 0.5) is 0 Å². The number of benzene rings is 1. The Morgan fingerprint density at radius 1 is 1.24 bits per heavy atom. The third-order valence-corrected chi connectivity index (χ3v) is 2.36. The summed E-state index contributed by atoms with van der Waals surface area (Å²) in [4.78, 5) is 25.6. The molecule has 0 aliphatic rings. The molecule has 1 aromatic carbocycles. The fraction of sp³-hybridized carbons (Fsp3) is 0.0833. The van der Waals surface area contributed by atoms with Gasteiger partial charge in [0.2, 0.25) is 0 Å². The SMILES string of the molecule is N#Cc1c[nH]c(=O)n(Cc2ccccc2)c1=O. The van der Waals surface area contributed by atoms with Crippen LogP contribution in [0, 0.1) is 11.3 Å². The van der Waals surface area contributed by atoms with E-state index in [2.05, 4.69) is 4.98 Å². The lowest BCUT2D eigenvalue weighted by Crippen LogP contribution is -2.36. The first kappa shape index (κ1) is 10.9. The molecule has 1 N–H and O–H groups in total. The number of aromatic amines is 1. The Labute approximate surface area is 96.6 Å². The third kappa shape index (κ3) is 2.16. The normalized spacial score (nSPS) is 9.82. The maximum atomic E-state index is 11.7. The minimum atomic E-state index is -0.569. The summed E-state index contributed by atoms with van der Waals surface area (Å²) in [5.41, 5.74) is -0.325. The van der Waals surface area contributed by atoms with Crippen LogP contribution in [0.25, 0.3) is 0 Å². The number of nitrogens with zero attached hydrogens (tertiary/aromatic N) is 2. The van der Waals surface area contributed by atoms with Crippen LogP contribution < -0.4 is 11.2 Å². The van der Waals surface area contributed by atoms with Crippen molar-refractivity contribution in [1.82, 2.24) is 9.55 Å². The predicted octanol–water partition coefficient (Wildman–Crippen LogP) is 0.457. The van der Waals surface area contributed by atoms with Crippen LogP contribution in [0.15, 0.2) is 46.1 Å². The van der Waals surface area contributed by atoms with E-state index in [0.29, 0.717) is 0 Å². The second-order valence-electron chi connectivity index (χ2n) is 3.50. The molecule has 0 fully saturated rings. The standard InChI is InChI=1S/C12H9N3O2/c13-6-10-7-14-12(17)15(11(10)16)8-9-4-2-1-3-5-9/h1-5,7H,8H2,(H,14,17). The van der Waals surface area contributed by atoms with Gasteiger partial charge in [0, 0.05) is 6.20 Å². The Balaban J connectivity index is 2.51. The fourth-order valence-electron chi connectivity index (χ4n) is 1.50. The number of nitriles is 1. The Kier molecular flexibility index (Phi) is 2.88. The van der Waals surface area contributed by atoms with E-state index in [1.54, 1.807) is 6.07 Å². The summed E-state index contributed by atoms with van der Waals surface area (Å²) in [5.74, 6) is 0. The van der Waals surface area contributed by atoms with Gasteiger partial charge in [0.25, 0.3) is 5.56 Å². The van der Waals surface area contributed by atoms with Crippen LogP contribution in [0.1, 0.15) is 11.1 Å². The van der Waals surface area contributed by atoms with Crippen molar-refractivity contribution in [2.24, 2.45) is 0 Å². The van der Waals surface area contributed by atoms with E-state index in [4.69, 9.17) is 5.26 Å². The van der Waals surface area contributed by atoms with E-state index in [1.807, 2.05) is 30.3 Å². The highest BCUT2D eigenvalue weighted by Gasteiger charge is 2.06. The molecule has 0 spiro atoms. The van der Waals surface area contributed by atoms with Crippen molar-refractivity contribution in [1.29, 1.82) is 5.26 Å². The summed E-state index contributed by atoms with van der Waals surface area (Å²) in [6.45, 7) is 0.157. The van der Waals surface area contributed by atoms with Crippen molar-refractivity contribution in [3.63, 3.8) is 0 Å². The molecule has 0 aliphatic carbocycles. The molecule has 0 amide bonds. The number of hydrogen-bond donors (Lipinski definition) is 1. The van der Waals surface area contributed by atoms with Gasteiger partial charge in [-0.15, -0.1) is 0 Å². The van der Waals surface area contributed by atoms with Gasteiger partial charge >= 0.3 is 5.69 Å². The van der Waals surface area contributed by atoms with Crippen molar-refractivity contribution in [3.05, 3.63) is 68.5 Å². The van der Waals surface area contributed by atoms with Gasteiger partial charge in [-0.25, -0.2) is 4.79 Å². The molecular weight excluding hydrogens is 218 g/mol. The highest BCUT2D eigenvalue weighted by Crippen LogP contribution is 1.98. The largest absolute Gasteiger partial charge is 0.328 e. The van der Waals surface area contributed by atoms with Crippen molar-refractivity contribution in [2.75, 3.05) is 0 Å². The lowest BCUT2D eigenvalue weighted by molar-refractivity contribution is 0.696. The maximum Gasteiger partial charge on any atom is 0.328 e. The van der Waals surface area contributed by atoms with E-state index < -0.39 is 11.2 Å². The second kappa shape index (κ2) is 4.49. The minimum Gasteiger partial charge on any atom is -0.313 e. The van der Waals surface area contributed by atoms with Gasteiger partial charge < -0.3 is 4.98 Å². The summed E-state index contributed by atoms with van der Waals surface area (Å²) in [5, 5.41) is 8.71. The second-order valence-corrected chi connectivity index (χ2v) is 3.50. The van der Waals surface area contributed by atoms with Crippen LogP contribution in [0.5, 0.6) is 0 Å². The lowest BCUT2D eigenvalue weighted by atomic mass is 10.2. The molecule has 1 heterocycles. The summed E-state index contributed by atoms with van der Waals surface area (Å²) in [6, 6.07) is 10.9. The van der Waals surface area contributed by atoms with Gasteiger partial charge in [-0.1, -0.05) is 30.3 Å². The van der Waals surface area contributed by atoms with Gasteiger partial charge in [0.15, 0.2) is 0 Å². The van der Waals surface area contributed by atoms with Crippen molar-refractivity contribution < 1.29 is 0 Å². The average molecular weight is 227 g/mol. The van der Waals surface area contributed by atoms with Crippen molar-refractivity contribution >= 4 is 0 Å². The first-order chi connectivity index (χ1) is 8.22. The summed E-state index contributed by atoms with van der Waals surface area (Å²) < 4.78 is 1.01. The van der Waals surface area contributed by atoms with E-state index in [1.165, 1.54) is 0 Å². The number of rotatable bonds is 2. The minimum absolute atomic E-state index is 0.0690. The van der Waals surface area contributed by atoms with Gasteiger partial charge in [0.05, 0.1) is 6.54 Å². The molecule has 5 heteroatoms. The Morgan fingerprint density at radius 2 is 1.94 bits per heavy atom. The molecule has 5 nitrogen and oxygen atoms in total. The van der Waals surface area contributed by atoms with Crippen LogP contribution in [-0.2, 0) is 6.54 Å². The fourth-order valence-corrected chi connectivity index (χ4v) is 1.50. The number of H-pyrrole nitrogens is 1. The highest BCUT2D eigenvalue weighted by molar-refractivity contribution is 5.22. The summed E-state index contributed by atoms with van der Waals surface area (Å²) >= 11 is 0. The van der Waals surface area contributed by atoms with E-state index in [0.717, 1.165) is 16.3 Å². The quantitative estimate of drug-likeness (QED) is 0.809. The van der Waals surface area contributed by atoms with Crippen molar-refractivity contribution in [2.45, 2.75) is 6.54 Å². The Hall–Kier alpha value is -2.61. The zero-order chi connectivity index (χ0) is 12.3. The van der Waals surface area contributed by atoms with Gasteiger partial charge in [-0.05, 0) is 5.56 Å². The van der Waals surface area contributed by atoms with Gasteiger partial charge in [0.1, 0.15) is 11.6 Å². The van der Waals surface area contributed by atoms with E-state index in [9.17, 15) is 9.59 Å². The number of aromatic nitrogens is 2. The number of hydrogen-bond acceptors (Lipinski definition) is 3. The molecule has 0 saturated heterocycles. The molecule has 17 heavy (non-hydrogen) atoms. The topological polar surface area (TPSA) is 78.7 Å². The molecule has 2 aromatic rings.